The summed E-state index contributed by atoms with van der Waals surface area (Å²) in [5, 5.41) is 7.22. The first-order chi connectivity index (χ1) is 12.7. The Morgan fingerprint density at radius 2 is 1.25 bits per heavy atom. The molecule has 0 saturated heterocycles. The van der Waals surface area contributed by atoms with Crippen LogP contribution < -0.4 is 11.1 Å². The van der Waals surface area contributed by atoms with Gasteiger partial charge in [-0.3, -0.25) is 4.98 Å². The van der Waals surface area contributed by atoms with E-state index in [1.54, 1.807) is 30.6 Å². The van der Waals surface area contributed by atoms with Gasteiger partial charge in [0.1, 0.15) is 0 Å². The van der Waals surface area contributed by atoms with Crippen LogP contribution in [0.1, 0.15) is 5.69 Å². The molecule has 28 heavy (non-hydrogen) atoms. The van der Waals surface area contributed by atoms with E-state index in [1.807, 2.05) is 13.0 Å². The third-order valence-electron chi connectivity index (χ3n) is 2.00. The highest BCUT2D eigenvalue weighted by atomic mass is 35.5. The van der Waals surface area contributed by atoms with Gasteiger partial charge in [0.25, 0.3) is 0 Å². The van der Waals surface area contributed by atoms with E-state index in [-0.39, 0.29) is 0 Å². The molecule has 0 atom stereocenters. The average molecular weight is 455 g/mol. The van der Waals surface area contributed by atoms with Crippen molar-refractivity contribution in [2.24, 2.45) is 10.2 Å². The molecule has 15 heteroatoms. The minimum atomic E-state index is -3.92. The molecular formula is C13H19ClN6O6S2. The number of nitrogens with zero attached hydrogens (tertiary/aromatic N) is 4. The van der Waals surface area contributed by atoms with Gasteiger partial charge in [0.2, 0.25) is 0 Å². The minimum Gasteiger partial charge on any atom is -0.748 e. The lowest BCUT2D eigenvalue weighted by Crippen LogP contribution is -2.22. The second-order valence-electron chi connectivity index (χ2n) is 4.59. The zero-order chi connectivity index (χ0) is 22.4. The van der Waals surface area contributed by atoms with Crippen molar-refractivity contribution >= 4 is 43.2 Å². The lowest BCUT2D eigenvalue weighted by atomic mass is 10.3. The van der Waals surface area contributed by atoms with Crippen molar-refractivity contribution in [2.75, 3.05) is 12.5 Å². The topological polar surface area (TPSA) is 216 Å². The third kappa shape index (κ3) is 21.7. The van der Waals surface area contributed by atoms with Crippen molar-refractivity contribution in [1.82, 2.24) is 9.97 Å². The highest BCUT2D eigenvalue weighted by Gasteiger charge is 1.97. The van der Waals surface area contributed by atoms with Gasteiger partial charge in [-0.25, -0.2) is 21.8 Å². The van der Waals surface area contributed by atoms with Crippen molar-refractivity contribution < 1.29 is 37.0 Å². The fourth-order valence-electron chi connectivity index (χ4n) is 1.09. The molecule has 2 aromatic heterocycles. The Hall–Kier alpha value is -2.39. The van der Waals surface area contributed by atoms with Crippen LogP contribution in [0, 0.1) is 6.92 Å². The third-order valence-corrected chi connectivity index (χ3v) is 2.29. The van der Waals surface area contributed by atoms with Gasteiger partial charge in [-0.1, -0.05) is 11.6 Å². The maximum Gasteiger partial charge on any atom is 0.167 e. The molecule has 0 aliphatic carbocycles. The van der Waals surface area contributed by atoms with Crippen molar-refractivity contribution in [2.45, 2.75) is 6.92 Å². The van der Waals surface area contributed by atoms with Crippen molar-refractivity contribution in [1.29, 1.82) is 0 Å². The molecule has 0 amide bonds. The number of hydrogen-bond acceptors (Lipinski definition) is 10. The minimum absolute atomic E-state index is 0.333. The molecule has 0 bridgehead atoms. The van der Waals surface area contributed by atoms with Gasteiger partial charge in [-0.15, -0.1) is 0 Å². The molecule has 2 heterocycles. The van der Waals surface area contributed by atoms with Crippen molar-refractivity contribution in [3.63, 3.8) is 0 Å². The molecule has 4 N–H and O–H groups in total. The Bertz CT molecular complexity index is 873. The van der Waals surface area contributed by atoms with E-state index in [0.29, 0.717) is 23.4 Å². The first-order valence-corrected chi connectivity index (χ1v) is 10.9. The molecule has 0 aromatic carbocycles. The largest absolute Gasteiger partial charge is 0.748 e. The first-order valence-electron chi connectivity index (χ1n) is 6.84. The molecule has 0 fully saturated rings. The fraction of sp³-hybridized carbons (Fsp3) is 0.231. The standard InChI is InChI=1S/C6H7N3.C5H4ClN3.2CH4O3S/c1-5-6(9-7)3-2-4-8-5;6-5-4(9-7)2-1-3-8-5;2*1-5(2,3)4/h2-4,7H,1H3;1-3,7H;2*1H3,(H,2,3,4). The molecule has 0 radical (unpaired) electrons. The summed E-state index contributed by atoms with van der Waals surface area (Å²) in [6.07, 6.45) is 4.50. The van der Waals surface area contributed by atoms with E-state index in [4.69, 9.17) is 48.6 Å². The lowest BCUT2D eigenvalue weighted by molar-refractivity contribution is -0.211. The molecule has 2 rings (SSSR count). The van der Waals surface area contributed by atoms with Crippen molar-refractivity contribution in [3.05, 3.63) is 47.5 Å². The predicted octanol–water partition coefficient (Wildman–Crippen LogP) is -0.867. The van der Waals surface area contributed by atoms with Crippen LogP contribution in [0.15, 0.2) is 46.9 Å². The Morgan fingerprint density at radius 3 is 1.50 bits per heavy atom. The summed E-state index contributed by atoms with van der Waals surface area (Å²) >= 11 is 5.54. The van der Waals surface area contributed by atoms with E-state index in [0.717, 1.165) is 11.4 Å². The van der Waals surface area contributed by atoms with E-state index in [1.165, 1.54) is 0 Å². The van der Waals surface area contributed by atoms with Gasteiger partial charge in [0.15, 0.2) is 16.5 Å². The fourth-order valence-corrected chi connectivity index (χ4v) is 1.25. The summed E-state index contributed by atoms with van der Waals surface area (Å²) in [7, 11) is -7.83. The van der Waals surface area contributed by atoms with E-state index in [2.05, 4.69) is 20.2 Å². The number of rotatable bonds is 2. The van der Waals surface area contributed by atoms with Gasteiger partial charge < -0.3 is 9.11 Å². The molecule has 0 aliphatic rings. The van der Waals surface area contributed by atoms with Crippen LogP contribution in [0.2, 0.25) is 5.15 Å². The van der Waals surface area contributed by atoms with Crippen LogP contribution >= 0.6 is 11.6 Å². The molecule has 0 spiro atoms. The SMILES string of the molecule is CS(=O)(=O)[O-].CS(=O)(=O)[O-].Cc1ncccc1N=[NH2+].[NH2+]=Nc1cccnc1Cl. The number of aromatic nitrogens is 2. The quantitative estimate of drug-likeness (QED) is 0.329. The summed E-state index contributed by atoms with van der Waals surface area (Å²) in [6.45, 7) is 1.87. The molecular weight excluding hydrogens is 436 g/mol. The van der Waals surface area contributed by atoms with Gasteiger partial charge in [-0.2, -0.15) is 11.1 Å². The maximum absolute atomic E-state index is 9.08. The zero-order valence-corrected chi connectivity index (χ0v) is 17.4. The van der Waals surface area contributed by atoms with Gasteiger partial charge in [0.05, 0.1) is 25.9 Å². The van der Waals surface area contributed by atoms with Crippen LogP contribution in [0.25, 0.3) is 0 Å². The summed E-state index contributed by atoms with van der Waals surface area (Å²) in [4.78, 5) is 7.72. The lowest BCUT2D eigenvalue weighted by Gasteiger charge is -1.90. The number of halogens is 1. The van der Waals surface area contributed by atoms with Crippen LogP contribution in [0.3, 0.4) is 0 Å². The summed E-state index contributed by atoms with van der Waals surface area (Å²) in [5.41, 5.74) is 12.1. The summed E-state index contributed by atoms with van der Waals surface area (Å²) in [6, 6.07) is 7.04. The zero-order valence-electron chi connectivity index (χ0n) is 15.1. The number of pyridine rings is 2. The van der Waals surface area contributed by atoms with Gasteiger partial charge in [0, 0.05) is 24.9 Å². The second kappa shape index (κ2) is 13.7. The summed E-state index contributed by atoms with van der Waals surface area (Å²) < 4.78 is 54.5. The molecule has 0 saturated carbocycles. The smallest absolute Gasteiger partial charge is 0.167 e. The molecule has 0 unspecified atom stereocenters. The van der Waals surface area contributed by atoms with E-state index in [9.17, 15) is 0 Å². The predicted molar refractivity (Wildman–Crippen MR) is 97.5 cm³/mol. The van der Waals surface area contributed by atoms with E-state index < -0.39 is 20.2 Å². The highest BCUT2D eigenvalue weighted by molar-refractivity contribution is 7.85. The normalized spacial score (nSPS) is 9.93. The number of hydrogen-bond donors (Lipinski definition) is 2. The molecule has 12 nitrogen and oxygen atoms in total. The van der Waals surface area contributed by atoms with Crippen LogP contribution in [-0.2, 0) is 20.2 Å². The van der Waals surface area contributed by atoms with Crippen LogP contribution in [-0.4, -0.2) is 48.4 Å². The van der Waals surface area contributed by atoms with Crippen LogP contribution in [0.4, 0.5) is 11.4 Å². The monoisotopic (exact) mass is 454 g/mol. The molecule has 0 aliphatic heterocycles. The first kappa shape index (κ1) is 27.8. The average Bonchev–Trinajstić information content (AvgIpc) is 2.53. The Kier molecular flexibility index (Phi) is 13.6. The summed E-state index contributed by atoms with van der Waals surface area (Å²) in [5.74, 6) is 0. The molecule has 2 aromatic rings. The Balaban J connectivity index is 0. The number of nitrogens with two attached hydrogens (primary N) is 2. The van der Waals surface area contributed by atoms with Gasteiger partial charge in [-0.05, 0) is 41.4 Å². The van der Waals surface area contributed by atoms with E-state index >= 15 is 0 Å². The van der Waals surface area contributed by atoms with Gasteiger partial charge >= 0.3 is 0 Å². The maximum atomic E-state index is 9.08. The van der Waals surface area contributed by atoms with Crippen molar-refractivity contribution in [3.8, 4) is 0 Å². The number of aryl methyl sites for hydroxylation is 1. The Labute approximate surface area is 167 Å². The Morgan fingerprint density at radius 1 is 0.893 bits per heavy atom. The second-order valence-corrected chi connectivity index (χ2v) is 7.76. The van der Waals surface area contributed by atoms with Crippen LogP contribution in [0.5, 0.6) is 0 Å². The molecule has 156 valence electrons. The highest BCUT2D eigenvalue weighted by Crippen LogP contribution is 2.18.